The van der Waals surface area contributed by atoms with Gasteiger partial charge in [0.1, 0.15) is 5.82 Å². The van der Waals surface area contributed by atoms with Crippen LogP contribution < -0.4 is 0 Å². The van der Waals surface area contributed by atoms with Gasteiger partial charge in [-0.1, -0.05) is 18.2 Å². The number of benzene rings is 1. The fourth-order valence-corrected chi connectivity index (χ4v) is 3.62. The molecule has 1 amide bonds. The highest BCUT2D eigenvalue weighted by Crippen LogP contribution is 2.19. The van der Waals surface area contributed by atoms with Crippen LogP contribution in [0.1, 0.15) is 20.1 Å². The number of amides is 1. The summed E-state index contributed by atoms with van der Waals surface area (Å²) >= 11 is 3.23. The molecule has 0 N–H and O–H groups in total. The molecule has 0 spiro atoms. The van der Waals surface area contributed by atoms with Crippen molar-refractivity contribution in [2.75, 3.05) is 0 Å². The lowest BCUT2D eigenvalue weighted by Crippen LogP contribution is -2.29. The van der Waals surface area contributed by atoms with Crippen LogP contribution in [0.3, 0.4) is 0 Å². The molecule has 22 heavy (non-hydrogen) atoms. The molecule has 3 aromatic rings. The van der Waals surface area contributed by atoms with Crippen LogP contribution in [0.2, 0.25) is 0 Å². The lowest BCUT2D eigenvalue weighted by atomic mass is 10.2. The average Bonchev–Trinajstić information content (AvgIpc) is 3.19. The number of carbonyl (C=O) groups excluding carboxylic acids is 1. The minimum Gasteiger partial charge on any atom is -0.328 e. The molecule has 0 radical (unpaired) electrons. The van der Waals surface area contributed by atoms with E-state index in [0.717, 1.165) is 9.75 Å². The van der Waals surface area contributed by atoms with Gasteiger partial charge in [0.05, 0.1) is 13.1 Å². The zero-order chi connectivity index (χ0) is 15.4. The summed E-state index contributed by atoms with van der Waals surface area (Å²) in [6.45, 7) is 1.07. The lowest BCUT2D eigenvalue weighted by Gasteiger charge is -2.21. The van der Waals surface area contributed by atoms with Gasteiger partial charge in [0.15, 0.2) is 0 Å². The Labute approximate surface area is 136 Å². The largest absolute Gasteiger partial charge is 0.328 e. The second-order valence-corrected chi connectivity index (χ2v) is 6.89. The maximum atomic E-state index is 13.4. The minimum absolute atomic E-state index is 0.152. The Kier molecular flexibility index (Phi) is 4.65. The van der Waals surface area contributed by atoms with E-state index in [0.29, 0.717) is 18.7 Å². The summed E-state index contributed by atoms with van der Waals surface area (Å²) in [7, 11) is 0. The van der Waals surface area contributed by atoms with Crippen LogP contribution in [0.4, 0.5) is 4.39 Å². The third kappa shape index (κ3) is 3.61. The highest BCUT2D eigenvalue weighted by molar-refractivity contribution is 7.10. The molecule has 5 heteroatoms. The summed E-state index contributed by atoms with van der Waals surface area (Å²) in [4.78, 5) is 16.7. The molecular weight excluding hydrogens is 317 g/mol. The average molecular weight is 331 g/mol. The van der Waals surface area contributed by atoms with Crippen molar-refractivity contribution < 1.29 is 9.18 Å². The fraction of sp³-hybridized carbons (Fsp3) is 0.118. The molecule has 0 aliphatic carbocycles. The molecule has 0 atom stereocenters. The monoisotopic (exact) mass is 331 g/mol. The molecule has 3 rings (SSSR count). The second-order valence-electron chi connectivity index (χ2n) is 4.83. The second kappa shape index (κ2) is 6.85. The zero-order valence-electron chi connectivity index (χ0n) is 11.7. The van der Waals surface area contributed by atoms with Gasteiger partial charge in [-0.3, -0.25) is 4.79 Å². The predicted molar refractivity (Wildman–Crippen MR) is 88.6 cm³/mol. The molecule has 2 aromatic heterocycles. The van der Waals surface area contributed by atoms with Gasteiger partial charge < -0.3 is 4.90 Å². The van der Waals surface area contributed by atoms with E-state index in [1.807, 2.05) is 35.0 Å². The highest BCUT2D eigenvalue weighted by Gasteiger charge is 2.18. The molecule has 0 unspecified atom stereocenters. The topological polar surface area (TPSA) is 20.3 Å². The first-order chi connectivity index (χ1) is 10.7. The number of carbonyl (C=O) groups is 1. The molecule has 0 aliphatic heterocycles. The number of hydrogen-bond donors (Lipinski definition) is 0. The van der Waals surface area contributed by atoms with Crippen molar-refractivity contribution in [1.82, 2.24) is 4.90 Å². The number of nitrogens with zero attached hydrogens (tertiary/aromatic N) is 1. The number of thiophene rings is 2. The van der Waals surface area contributed by atoms with E-state index < -0.39 is 5.82 Å². The number of hydrogen-bond acceptors (Lipinski definition) is 3. The molecule has 112 valence electrons. The molecule has 2 heterocycles. The van der Waals surface area contributed by atoms with E-state index in [1.54, 1.807) is 39.7 Å². The Bertz CT molecular complexity index is 702. The molecule has 0 fully saturated rings. The Morgan fingerprint density at radius 2 is 1.59 bits per heavy atom. The summed E-state index contributed by atoms with van der Waals surface area (Å²) < 4.78 is 13.4. The Balaban J connectivity index is 1.85. The lowest BCUT2D eigenvalue weighted by molar-refractivity contribution is 0.0733. The third-order valence-corrected chi connectivity index (χ3v) is 4.93. The van der Waals surface area contributed by atoms with Gasteiger partial charge in [0, 0.05) is 15.3 Å². The van der Waals surface area contributed by atoms with Gasteiger partial charge in [-0.05, 0) is 41.1 Å². The van der Waals surface area contributed by atoms with Crippen molar-refractivity contribution in [3.05, 3.63) is 80.4 Å². The smallest absolute Gasteiger partial charge is 0.254 e. The summed E-state index contributed by atoms with van der Waals surface area (Å²) in [6.07, 6.45) is 0. The van der Waals surface area contributed by atoms with Crippen LogP contribution >= 0.6 is 22.7 Å². The van der Waals surface area contributed by atoms with Crippen molar-refractivity contribution >= 4 is 28.6 Å². The van der Waals surface area contributed by atoms with Crippen molar-refractivity contribution in [2.24, 2.45) is 0 Å². The molecule has 0 saturated heterocycles. The Morgan fingerprint density at radius 3 is 2.09 bits per heavy atom. The fourth-order valence-electron chi connectivity index (χ4n) is 2.18. The van der Waals surface area contributed by atoms with E-state index in [2.05, 4.69) is 0 Å². The summed E-state index contributed by atoms with van der Waals surface area (Å²) in [5.41, 5.74) is 0.383. The van der Waals surface area contributed by atoms with Gasteiger partial charge in [-0.25, -0.2) is 4.39 Å². The van der Waals surface area contributed by atoms with Crippen molar-refractivity contribution in [3.63, 3.8) is 0 Å². The van der Waals surface area contributed by atoms with Crippen LogP contribution in [-0.2, 0) is 13.1 Å². The van der Waals surface area contributed by atoms with Crippen LogP contribution in [0, 0.1) is 5.82 Å². The van der Waals surface area contributed by atoms with Gasteiger partial charge in [-0.15, -0.1) is 22.7 Å². The van der Waals surface area contributed by atoms with Gasteiger partial charge >= 0.3 is 0 Å². The van der Waals surface area contributed by atoms with Gasteiger partial charge in [0.25, 0.3) is 5.91 Å². The molecule has 0 saturated carbocycles. The third-order valence-electron chi connectivity index (χ3n) is 3.21. The van der Waals surface area contributed by atoms with E-state index >= 15 is 0 Å². The SMILES string of the molecule is O=C(c1cccc(F)c1)N(Cc1cccs1)Cc1cccs1. The first-order valence-electron chi connectivity index (χ1n) is 6.82. The molecule has 2 nitrogen and oxygen atoms in total. The molecule has 0 aliphatic rings. The summed E-state index contributed by atoms with van der Waals surface area (Å²) in [5.74, 6) is -0.542. The van der Waals surface area contributed by atoms with Crippen LogP contribution in [0.5, 0.6) is 0 Å². The van der Waals surface area contributed by atoms with Crippen molar-refractivity contribution in [2.45, 2.75) is 13.1 Å². The first kappa shape index (κ1) is 14.9. The quantitative estimate of drug-likeness (QED) is 0.658. The molecular formula is C17H14FNOS2. The standard InChI is InChI=1S/C17H14FNOS2/c18-14-5-1-4-13(10-14)17(20)19(11-15-6-2-8-21-15)12-16-7-3-9-22-16/h1-10H,11-12H2. The van der Waals surface area contributed by atoms with E-state index in [9.17, 15) is 9.18 Å². The maximum Gasteiger partial charge on any atom is 0.254 e. The normalized spacial score (nSPS) is 10.6. The maximum absolute atomic E-state index is 13.4. The highest BCUT2D eigenvalue weighted by atomic mass is 32.1. The van der Waals surface area contributed by atoms with Crippen LogP contribution in [-0.4, -0.2) is 10.8 Å². The van der Waals surface area contributed by atoms with Gasteiger partial charge in [-0.2, -0.15) is 0 Å². The van der Waals surface area contributed by atoms with Crippen molar-refractivity contribution in [3.8, 4) is 0 Å². The Hall–Kier alpha value is -1.98. The molecule has 1 aromatic carbocycles. The van der Waals surface area contributed by atoms with E-state index in [1.165, 1.54) is 12.1 Å². The van der Waals surface area contributed by atoms with Gasteiger partial charge in [0.2, 0.25) is 0 Å². The predicted octanol–water partition coefficient (Wildman–Crippen LogP) is 4.79. The van der Waals surface area contributed by atoms with E-state index in [4.69, 9.17) is 0 Å². The zero-order valence-corrected chi connectivity index (χ0v) is 13.4. The number of halogens is 1. The summed E-state index contributed by atoms with van der Waals surface area (Å²) in [6, 6.07) is 13.8. The van der Waals surface area contributed by atoms with Crippen molar-refractivity contribution in [1.29, 1.82) is 0 Å². The van der Waals surface area contributed by atoms with Crippen LogP contribution in [0.25, 0.3) is 0 Å². The van der Waals surface area contributed by atoms with E-state index in [-0.39, 0.29) is 5.91 Å². The first-order valence-corrected chi connectivity index (χ1v) is 8.58. The molecule has 0 bridgehead atoms. The summed E-state index contributed by atoms with van der Waals surface area (Å²) in [5, 5.41) is 3.98. The minimum atomic E-state index is -0.391. The number of rotatable bonds is 5. The van der Waals surface area contributed by atoms with Crippen LogP contribution in [0.15, 0.2) is 59.3 Å². The Morgan fingerprint density at radius 1 is 0.955 bits per heavy atom.